The number of thiophene rings is 1. The van der Waals surface area contributed by atoms with Gasteiger partial charge in [0.1, 0.15) is 6.07 Å². The maximum absolute atomic E-state index is 8.93. The minimum atomic E-state index is 0.609. The molecule has 4 heteroatoms. The lowest BCUT2D eigenvalue weighted by atomic mass is 10.1. The van der Waals surface area contributed by atoms with Crippen molar-refractivity contribution in [3.05, 3.63) is 53.0 Å². The van der Waals surface area contributed by atoms with Crippen LogP contribution in [0.15, 0.2) is 41.9 Å². The highest BCUT2D eigenvalue weighted by Gasteiger charge is 2.08. The van der Waals surface area contributed by atoms with Crippen LogP contribution < -0.4 is 0 Å². The SMILES string of the molecule is CN(C)Cc1ccc(-c2csc3cc(C#N)cnc23)cc1. The Labute approximate surface area is 128 Å². The molecule has 2 heterocycles. The van der Waals surface area contributed by atoms with Crippen LogP contribution in [0.2, 0.25) is 0 Å². The zero-order valence-electron chi connectivity index (χ0n) is 12.0. The quantitative estimate of drug-likeness (QED) is 0.735. The maximum Gasteiger partial charge on any atom is 0.101 e. The number of nitriles is 1. The molecule has 0 saturated heterocycles. The Morgan fingerprint density at radius 3 is 2.67 bits per heavy atom. The van der Waals surface area contributed by atoms with Gasteiger partial charge >= 0.3 is 0 Å². The minimum absolute atomic E-state index is 0.609. The molecule has 104 valence electrons. The van der Waals surface area contributed by atoms with E-state index in [1.807, 2.05) is 6.07 Å². The smallest absolute Gasteiger partial charge is 0.101 e. The number of nitrogens with zero attached hydrogens (tertiary/aromatic N) is 3. The van der Waals surface area contributed by atoms with Gasteiger partial charge in [0.25, 0.3) is 0 Å². The number of aromatic nitrogens is 1. The molecule has 3 rings (SSSR count). The van der Waals surface area contributed by atoms with E-state index >= 15 is 0 Å². The van der Waals surface area contributed by atoms with Gasteiger partial charge in [-0.2, -0.15) is 5.26 Å². The zero-order chi connectivity index (χ0) is 14.8. The summed E-state index contributed by atoms with van der Waals surface area (Å²) in [5.74, 6) is 0. The summed E-state index contributed by atoms with van der Waals surface area (Å²) in [4.78, 5) is 6.59. The van der Waals surface area contributed by atoms with Gasteiger partial charge in [0, 0.05) is 23.7 Å². The van der Waals surface area contributed by atoms with Crippen molar-refractivity contribution in [2.24, 2.45) is 0 Å². The molecule has 0 amide bonds. The Bertz CT molecular complexity index is 810. The summed E-state index contributed by atoms with van der Waals surface area (Å²) in [5, 5.41) is 11.0. The lowest BCUT2D eigenvalue weighted by molar-refractivity contribution is 0.402. The van der Waals surface area contributed by atoms with Gasteiger partial charge in [-0.25, -0.2) is 0 Å². The van der Waals surface area contributed by atoms with Crippen molar-refractivity contribution in [2.45, 2.75) is 6.54 Å². The molecule has 0 atom stereocenters. The monoisotopic (exact) mass is 293 g/mol. The number of rotatable bonds is 3. The van der Waals surface area contributed by atoms with Gasteiger partial charge in [-0.05, 0) is 31.3 Å². The van der Waals surface area contributed by atoms with Crippen LogP contribution in [0.4, 0.5) is 0 Å². The highest BCUT2D eigenvalue weighted by Crippen LogP contribution is 2.33. The first-order chi connectivity index (χ1) is 10.2. The molecule has 0 bridgehead atoms. The third kappa shape index (κ3) is 2.80. The van der Waals surface area contributed by atoms with Gasteiger partial charge in [0.05, 0.1) is 15.8 Å². The second kappa shape index (κ2) is 5.65. The summed E-state index contributed by atoms with van der Waals surface area (Å²) >= 11 is 1.63. The average molecular weight is 293 g/mol. The van der Waals surface area contributed by atoms with Gasteiger partial charge in [0.15, 0.2) is 0 Å². The topological polar surface area (TPSA) is 39.9 Å². The van der Waals surface area contributed by atoms with Gasteiger partial charge in [-0.3, -0.25) is 4.98 Å². The van der Waals surface area contributed by atoms with E-state index < -0.39 is 0 Å². The number of hydrogen-bond acceptors (Lipinski definition) is 4. The van der Waals surface area contributed by atoms with Crippen LogP contribution in [0, 0.1) is 11.3 Å². The van der Waals surface area contributed by atoms with Crippen LogP contribution in [0.3, 0.4) is 0 Å². The van der Waals surface area contributed by atoms with E-state index in [0.29, 0.717) is 5.56 Å². The molecule has 3 nitrogen and oxygen atoms in total. The summed E-state index contributed by atoms with van der Waals surface area (Å²) < 4.78 is 1.06. The van der Waals surface area contributed by atoms with Gasteiger partial charge in [0.2, 0.25) is 0 Å². The van der Waals surface area contributed by atoms with Crippen LogP contribution in [0.25, 0.3) is 21.3 Å². The van der Waals surface area contributed by atoms with E-state index in [-0.39, 0.29) is 0 Å². The fraction of sp³-hybridized carbons (Fsp3) is 0.176. The van der Waals surface area contributed by atoms with E-state index in [1.165, 1.54) is 11.1 Å². The molecule has 0 aliphatic rings. The fourth-order valence-electron chi connectivity index (χ4n) is 2.34. The molecule has 0 radical (unpaired) electrons. The van der Waals surface area contributed by atoms with E-state index in [9.17, 15) is 0 Å². The molecular weight excluding hydrogens is 278 g/mol. The second-order valence-electron chi connectivity index (χ2n) is 5.27. The van der Waals surface area contributed by atoms with Crippen molar-refractivity contribution in [1.82, 2.24) is 9.88 Å². The van der Waals surface area contributed by atoms with E-state index in [0.717, 1.165) is 22.3 Å². The predicted octanol–water partition coefficient (Wildman–Crippen LogP) is 3.90. The number of benzene rings is 1. The van der Waals surface area contributed by atoms with E-state index in [4.69, 9.17) is 5.26 Å². The molecule has 0 N–H and O–H groups in total. The standard InChI is InChI=1S/C17H15N3S/c1-20(2)10-12-3-5-14(6-4-12)15-11-21-16-7-13(8-18)9-19-17(15)16/h3-7,9,11H,10H2,1-2H3. The van der Waals surface area contributed by atoms with Crippen molar-refractivity contribution in [3.8, 4) is 17.2 Å². The molecule has 3 aromatic rings. The van der Waals surface area contributed by atoms with Crippen molar-refractivity contribution in [3.63, 3.8) is 0 Å². The number of pyridine rings is 1. The van der Waals surface area contributed by atoms with Crippen molar-refractivity contribution in [2.75, 3.05) is 14.1 Å². The van der Waals surface area contributed by atoms with Crippen molar-refractivity contribution >= 4 is 21.6 Å². The molecule has 0 unspecified atom stereocenters. The Hall–Kier alpha value is -2.22. The second-order valence-corrected chi connectivity index (χ2v) is 6.18. The normalized spacial score (nSPS) is 11.0. The van der Waals surface area contributed by atoms with Gasteiger partial charge in [-0.15, -0.1) is 11.3 Å². The van der Waals surface area contributed by atoms with Gasteiger partial charge < -0.3 is 4.90 Å². The third-order valence-electron chi connectivity index (χ3n) is 3.30. The number of fused-ring (bicyclic) bond motifs is 1. The molecule has 0 spiro atoms. The van der Waals surface area contributed by atoms with Crippen LogP contribution in [0.5, 0.6) is 0 Å². The molecule has 2 aromatic heterocycles. The zero-order valence-corrected chi connectivity index (χ0v) is 12.8. The molecule has 0 fully saturated rings. The first-order valence-electron chi connectivity index (χ1n) is 6.69. The molecule has 0 aliphatic heterocycles. The number of hydrogen-bond donors (Lipinski definition) is 0. The molecular formula is C17H15N3S. The Morgan fingerprint density at radius 2 is 2.00 bits per heavy atom. The van der Waals surface area contributed by atoms with Crippen LogP contribution in [-0.2, 0) is 6.54 Å². The van der Waals surface area contributed by atoms with E-state index in [1.54, 1.807) is 17.5 Å². The molecule has 0 aliphatic carbocycles. The first-order valence-corrected chi connectivity index (χ1v) is 7.57. The first kappa shape index (κ1) is 13.7. The average Bonchev–Trinajstić information content (AvgIpc) is 2.90. The summed E-state index contributed by atoms with van der Waals surface area (Å²) in [7, 11) is 4.13. The largest absolute Gasteiger partial charge is 0.305 e. The Morgan fingerprint density at radius 1 is 1.24 bits per heavy atom. The summed E-state index contributed by atoms with van der Waals surface area (Å²) in [6, 6.07) is 12.6. The van der Waals surface area contributed by atoms with E-state index in [2.05, 4.69) is 59.7 Å². The summed E-state index contributed by atoms with van der Waals surface area (Å²) in [5.41, 5.74) is 5.18. The van der Waals surface area contributed by atoms with Crippen molar-refractivity contribution < 1.29 is 0 Å². The molecule has 21 heavy (non-hydrogen) atoms. The third-order valence-corrected chi connectivity index (χ3v) is 4.22. The highest BCUT2D eigenvalue weighted by atomic mass is 32.1. The predicted molar refractivity (Wildman–Crippen MR) is 87.2 cm³/mol. The minimum Gasteiger partial charge on any atom is -0.305 e. The van der Waals surface area contributed by atoms with Crippen molar-refractivity contribution in [1.29, 1.82) is 5.26 Å². The van der Waals surface area contributed by atoms with Crippen LogP contribution in [0.1, 0.15) is 11.1 Å². The Kier molecular flexibility index (Phi) is 3.70. The maximum atomic E-state index is 8.93. The lowest BCUT2D eigenvalue weighted by Crippen LogP contribution is -2.10. The summed E-state index contributed by atoms with van der Waals surface area (Å²) in [6.45, 7) is 0.939. The van der Waals surface area contributed by atoms with Gasteiger partial charge in [-0.1, -0.05) is 24.3 Å². The highest BCUT2D eigenvalue weighted by molar-refractivity contribution is 7.17. The lowest BCUT2D eigenvalue weighted by Gasteiger charge is -2.09. The molecule has 1 aromatic carbocycles. The molecule has 0 saturated carbocycles. The summed E-state index contributed by atoms with van der Waals surface area (Å²) in [6.07, 6.45) is 1.64. The Balaban J connectivity index is 1.99. The van der Waals surface area contributed by atoms with Crippen LogP contribution >= 0.6 is 11.3 Å². The van der Waals surface area contributed by atoms with Crippen LogP contribution in [-0.4, -0.2) is 24.0 Å². The fourth-order valence-corrected chi connectivity index (χ4v) is 3.30.